The van der Waals surface area contributed by atoms with Gasteiger partial charge in [-0.2, -0.15) is 0 Å². The molecule has 2 N–H and O–H groups in total. The number of ether oxygens (including phenoxy) is 1. The van der Waals surface area contributed by atoms with Crippen LogP contribution in [0.5, 0.6) is 5.75 Å². The van der Waals surface area contributed by atoms with Gasteiger partial charge in [0.15, 0.2) is 0 Å². The van der Waals surface area contributed by atoms with Crippen LogP contribution in [0.1, 0.15) is 43.5 Å². The van der Waals surface area contributed by atoms with Crippen molar-refractivity contribution in [2.24, 2.45) is 11.8 Å². The van der Waals surface area contributed by atoms with Gasteiger partial charge in [0.25, 0.3) is 5.91 Å². The highest BCUT2D eigenvalue weighted by molar-refractivity contribution is 6.33. The fourth-order valence-electron chi connectivity index (χ4n) is 3.18. The number of carbonyl (C=O) groups excluding carboxylic acids is 1. The molecule has 0 bridgehead atoms. The van der Waals surface area contributed by atoms with Gasteiger partial charge in [0.05, 0.1) is 23.4 Å². The summed E-state index contributed by atoms with van der Waals surface area (Å²) in [6, 6.07) is 3.23. The number of nitrogens with zero attached hydrogens (tertiary/aromatic N) is 1. The molecule has 1 amide bonds. The monoisotopic (exact) mass is 360 g/mol. The molecule has 4 nitrogen and oxygen atoms in total. The second kappa shape index (κ2) is 8.65. The summed E-state index contributed by atoms with van der Waals surface area (Å²) in [7, 11) is 1.54. The summed E-state index contributed by atoms with van der Waals surface area (Å²) in [6.45, 7) is 6.05. The van der Waals surface area contributed by atoms with E-state index < -0.39 is 0 Å². The van der Waals surface area contributed by atoms with Crippen LogP contribution in [0.25, 0.3) is 0 Å². The normalized spacial score (nSPS) is 17.8. The van der Waals surface area contributed by atoms with E-state index in [-0.39, 0.29) is 18.3 Å². The van der Waals surface area contributed by atoms with E-state index >= 15 is 0 Å². The number of rotatable bonds is 4. The molecule has 23 heavy (non-hydrogen) atoms. The first-order valence-electron chi connectivity index (χ1n) is 7.84. The lowest BCUT2D eigenvalue weighted by Crippen LogP contribution is -2.40. The zero-order valence-electron chi connectivity index (χ0n) is 14.0. The SMILES string of the molecule is COc1cc(N)c(Cl)cc1C(=O)N1CCCC(CC(C)C)C1.Cl. The van der Waals surface area contributed by atoms with Gasteiger partial charge in [-0.05, 0) is 37.2 Å². The van der Waals surface area contributed by atoms with Crippen LogP contribution >= 0.6 is 24.0 Å². The van der Waals surface area contributed by atoms with Crippen LogP contribution in [0.3, 0.4) is 0 Å². The van der Waals surface area contributed by atoms with Gasteiger partial charge >= 0.3 is 0 Å². The molecule has 1 atom stereocenters. The Morgan fingerprint density at radius 3 is 2.78 bits per heavy atom. The van der Waals surface area contributed by atoms with Crippen LogP contribution in [0.2, 0.25) is 5.02 Å². The largest absolute Gasteiger partial charge is 0.496 e. The molecular formula is C17H26Cl2N2O2. The van der Waals surface area contributed by atoms with E-state index in [1.54, 1.807) is 12.1 Å². The third-order valence-electron chi connectivity index (χ3n) is 4.16. The summed E-state index contributed by atoms with van der Waals surface area (Å²) >= 11 is 6.07. The van der Waals surface area contributed by atoms with Gasteiger partial charge in [0.1, 0.15) is 5.75 Å². The molecule has 1 aromatic carbocycles. The van der Waals surface area contributed by atoms with E-state index in [4.69, 9.17) is 22.1 Å². The standard InChI is InChI=1S/C17H25ClN2O2.ClH/c1-11(2)7-12-5-4-6-20(10-12)17(21)13-8-14(18)15(19)9-16(13)22-3;/h8-9,11-12H,4-7,10,19H2,1-3H3;1H. The molecule has 1 saturated heterocycles. The Hall–Kier alpha value is -1.13. The van der Waals surface area contributed by atoms with Crippen molar-refractivity contribution >= 4 is 35.6 Å². The van der Waals surface area contributed by atoms with Crippen LogP contribution in [0, 0.1) is 11.8 Å². The zero-order chi connectivity index (χ0) is 16.3. The number of nitrogen functional groups attached to an aromatic ring is 1. The molecule has 0 aliphatic carbocycles. The summed E-state index contributed by atoms with van der Waals surface area (Å²) in [5.41, 5.74) is 6.70. The number of halogens is 2. The molecule has 0 aromatic heterocycles. The molecule has 2 rings (SSSR count). The number of benzene rings is 1. The number of anilines is 1. The van der Waals surface area contributed by atoms with Gasteiger partial charge in [0.2, 0.25) is 0 Å². The second-order valence-corrected chi connectivity index (χ2v) is 6.87. The lowest BCUT2D eigenvalue weighted by molar-refractivity contribution is 0.0656. The number of hydrogen-bond acceptors (Lipinski definition) is 3. The summed E-state index contributed by atoms with van der Waals surface area (Å²) in [6.07, 6.45) is 3.40. The Labute approximate surface area is 149 Å². The number of piperidine rings is 1. The highest BCUT2D eigenvalue weighted by atomic mass is 35.5. The van der Waals surface area contributed by atoms with Gasteiger partial charge in [0, 0.05) is 19.2 Å². The maximum atomic E-state index is 12.8. The molecule has 0 radical (unpaired) electrons. The van der Waals surface area contributed by atoms with Crippen LogP contribution in [0.15, 0.2) is 12.1 Å². The number of likely N-dealkylation sites (tertiary alicyclic amines) is 1. The molecule has 1 aromatic rings. The third kappa shape index (κ3) is 4.92. The van der Waals surface area contributed by atoms with Gasteiger partial charge < -0.3 is 15.4 Å². The number of methoxy groups -OCH3 is 1. The average Bonchev–Trinajstić information content (AvgIpc) is 2.48. The lowest BCUT2D eigenvalue weighted by Gasteiger charge is -2.34. The van der Waals surface area contributed by atoms with Crippen molar-refractivity contribution in [2.75, 3.05) is 25.9 Å². The van der Waals surface area contributed by atoms with E-state index in [1.165, 1.54) is 13.5 Å². The zero-order valence-corrected chi connectivity index (χ0v) is 15.5. The first-order chi connectivity index (χ1) is 10.4. The van der Waals surface area contributed by atoms with Crippen molar-refractivity contribution in [1.29, 1.82) is 0 Å². The quantitative estimate of drug-likeness (QED) is 0.816. The highest BCUT2D eigenvalue weighted by Gasteiger charge is 2.27. The Balaban J connectivity index is 0.00000264. The number of nitrogens with two attached hydrogens (primary N) is 1. The van der Waals surface area contributed by atoms with Crippen LogP contribution in [-0.2, 0) is 0 Å². The fourth-order valence-corrected chi connectivity index (χ4v) is 3.35. The number of amides is 1. The van der Waals surface area contributed by atoms with Gasteiger partial charge in [-0.3, -0.25) is 4.79 Å². The van der Waals surface area contributed by atoms with Crippen molar-refractivity contribution in [3.8, 4) is 5.75 Å². The Morgan fingerprint density at radius 2 is 2.17 bits per heavy atom. The second-order valence-electron chi connectivity index (χ2n) is 6.46. The van der Waals surface area contributed by atoms with E-state index in [2.05, 4.69) is 13.8 Å². The molecule has 130 valence electrons. The summed E-state index contributed by atoms with van der Waals surface area (Å²) in [5.74, 6) is 1.69. The molecule has 1 heterocycles. The predicted molar refractivity (Wildman–Crippen MR) is 97.7 cm³/mol. The van der Waals surface area contributed by atoms with Gasteiger partial charge in [-0.15, -0.1) is 12.4 Å². The first-order valence-corrected chi connectivity index (χ1v) is 8.22. The van der Waals surface area contributed by atoms with E-state index in [0.29, 0.717) is 33.9 Å². The predicted octanol–water partition coefficient (Wildman–Crippen LogP) is 4.25. The Bertz CT molecular complexity index is 550. The maximum Gasteiger partial charge on any atom is 0.257 e. The summed E-state index contributed by atoms with van der Waals surface area (Å²) in [5, 5.41) is 0.389. The van der Waals surface area contributed by atoms with Crippen molar-refractivity contribution in [2.45, 2.75) is 33.1 Å². The smallest absolute Gasteiger partial charge is 0.257 e. The number of carbonyl (C=O) groups is 1. The summed E-state index contributed by atoms with van der Waals surface area (Å²) in [4.78, 5) is 14.7. The lowest BCUT2D eigenvalue weighted by atomic mass is 9.89. The van der Waals surface area contributed by atoms with Gasteiger partial charge in [-0.25, -0.2) is 0 Å². The van der Waals surface area contributed by atoms with Crippen molar-refractivity contribution in [3.05, 3.63) is 22.7 Å². The minimum absolute atomic E-state index is 0. The Kier molecular flexibility index (Phi) is 7.49. The van der Waals surface area contributed by atoms with E-state index in [0.717, 1.165) is 25.9 Å². The molecule has 1 aliphatic heterocycles. The van der Waals surface area contributed by atoms with Crippen molar-refractivity contribution in [3.63, 3.8) is 0 Å². The van der Waals surface area contributed by atoms with Crippen molar-refractivity contribution in [1.82, 2.24) is 4.90 Å². The van der Waals surface area contributed by atoms with Crippen molar-refractivity contribution < 1.29 is 9.53 Å². The highest BCUT2D eigenvalue weighted by Crippen LogP contribution is 2.31. The molecule has 0 spiro atoms. The van der Waals surface area contributed by atoms with E-state index in [9.17, 15) is 4.79 Å². The molecule has 1 aliphatic rings. The average molecular weight is 361 g/mol. The van der Waals surface area contributed by atoms with Crippen LogP contribution in [0.4, 0.5) is 5.69 Å². The molecular weight excluding hydrogens is 335 g/mol. The minimum atomic E-state index is -0.0211. The molecule has 1 fully saturated rings. The fraction of sp³-hybridized carbons (Fsp3) is 0.588. The van der Waals surface area contributed by atoms with Crippen LogP contribution < -0.4 is 10.5 Å². The Morgan fingerprint density at radius 1 is 1.48 bits per heavy atom. The first kappa shape index (κ1) is 19.9. The summed E-state index contributed by atoms with van der Waals surface area (Å²) < 4.78 is 5.30. The molecule has 0 saturated carbocycles. The maximum absolute atomic E-state index is 12.8. The molecule has 6 heteroatoms. The minimum Gasteiger partial charge on any atom is -0.496 e. The van der Waals surface area contributed by atoms with Crippen LogP contribution in [-0.4, -0.2) is 31.0 Å². The van der Waals surface area contributed by atoms with E-state index in [1.807, 2.05) is 4.90 Å². The number of hydrogen-bond donors (Lipinski definition) is 1. The van der Waals surface area contributed by atoms with Gasteiger partial charge in [-0.1, -0.05) is 25.4 Å². The molecule has 1 unspecified atom stereocenters. The topological polar surface area (TPSA) is 55.6 Å². The third-order valence-corrected chi connectivity index (χ3v) is 4.49.